The Kier molecular flexibility index (Phi) is 6.20. The van der Waals surface area contributed by atoms with Gasteiger partial charge >= 0.3 is 0 Å². The lowest BCUT2D eigenvalue weighted by atomic mass is 10.2. The summed E-state index contributed by atoms with van der Waals surface area (Å²) in [5.74, 6) is 0.917. The van der Waals surface area contributed by atoms with Crippen molar-refractivity contribution in [2.45, 2.75) is 18.2 Å². The number of pyridine rings is 1. The Labute approximate surface area is 190 Å². The Morgan fingerprint density at radius 2 is 1.84 bits per heavy atom. The molecule has 0 bridgehead atoms. The molecule has 0 spiro atoms. The second-order valence-electron chi connectivity index (χ2n) is 7.05. The molecule has 1 aromatic heterocycles. The Morgan fingerprint density at radius 1 is 1.09 bits per heavy atom. The topological polar surface area (TPSA) is 107 Å². The van der Waals surface area contributed by atoms with Crippen molar-refractivity contribution in [2.75, 3.05) is 23.3 Å². The molecule has 0 saturated heterocycles. The van der Waals surface area contributed by atoms with E-state index in [-0.39, 0.29) is 42.0 Å². The Bertz CT molecular complexity index is 1270. The number of anilines is 2. The van der Waals surface area contributed by atoms with E-state index >= 15 is 0 Å². The van der Waals surface area contributed by atoms with Gasteiger partial charge in [-0.2, -0.15) is 0 Å². The number of rotatable bonds is 8. The van der Waals surface area contributed by atoms with E-state index in [1.54, 1.807) is 25.1 Å². The molecule has 1 amide bonds. The molecule has 1 aliphatic heterocycles. The number of nitrogens with one attached hydrogen (secondary N) is 2. The first-order valence-electron chi connectivity index (χ1n) is 9.76. The van der Waals surface area contributed by atoms with Gasteiger partial charge in [0.2, 0.25) is 5.91 Å². The first-order valence-corrected chi connectivity index (χ1v) is 11.6. The smallest absolute Gasteiger partial charge is 0.263 e. The number of ether oxygens (including phenoxy) is 2. The van der Waals surface area contributed by atoms with Crippen molar-refractivity contribution in [3.05, 3.63) is 70.7 Å². The van der Waals surface area contributed by atoms with Crippen molar-refractivity contribution in [3.8, 4) is 11.5 Å². The Morgan fingerprint density at radius 3 is 2.62 bits per heavy atom. The number of nitrogens with zero attached hydrogens (tertiary/aromatic N) is 1. The standard InChI is InChI=1S/C22H20ClN3O5S/c1-14-17(23)8-5-9-19(14)32(28,29)26-22-18(12-15-13-20(27)24-21(15)25-22)31-11-10-30-16-6-3-2-4-7-16/h2-9,12H,10-11,13H2,1H3,(H2,24,25,26,27). The number of amides is 1. The van der Waals surface area contributed by atoms with E-state index < -0.39 is 10.0 Å². The van der Waals surface area contributed by atoms with Gasteiger partial charge in [-0.1, -0.05) is 35.9 Å². The fraction of sp³-hybridized carbons (Fsp3) is 0.182. The van der Waals surface area contributed by atoms with Gasteiger partial charge < -0.3 is 14.8 Å². The van der Waals surface area contributed by atoms with Crippen LogP contribution < -0.4 is 19.5 Å². The zero-order chi connectivity index (χ0) is 22.7. The maximum Gasteiger partial charge on any atom is 0.263 e. The maximum atomic E-state index is 13.0. The summed E-state index contributed by atoms with van der Waals surface area (Å²) in [5.41, 5.74) is 1.03. The molecule has 4 rings (SSSR count). The van der Waals surface area contributed by atoms with E-state index in [2.05, 4.69) is 15.0 Å². The van der Waals surface area contributed by atoms with Gasteiger partial charge in [-0.05, 0) is 42.8 Å². The van der Waals surface area contributed by atoms with Crippen LogP contribution in [0.1, 0.15) is 11.1 Å². The van der Waals surface area contributed by atoms with E-state index in [9.17, 15) is 13.2 Å². The minimum atomic E-state index is -4.01. The summed E-state index contributed by atoms with van der Waals surface area (Å²) in [6.07, 6.45) is 0.139. The van der Waals surface area contributed by atoms with Crippen LogP contribution in [-0.2, 0) is 21.2 Å². The van der Waals surface area contributed by atoms with Gasteiger partial charge in [0.25, 0.3) is 10.0 Å². The highest BCUT2D eigenvalue weighted by Crippen LogP contribution is 2.33. The van der Waals surface area contributed by atoms with Crippen LogP contribution in [0.5, 0.6) is 11.5 Å². The monoisotopic (exact) mass is 473 g/mol. The lowest BCUT2D eigenvalue weighted by Crippen LogP contribution is -2.17. The molecule has 166 valence electrons. The van der Waals surface area contributed by atoms with Gasteiger partial charge in [-0.15, -0.1) is 0 Å². The van der Waals surface area contributed by atoms with Gasteiger partial charge in [0.05, 0.1) is 11.3 Å². The van der Waals surface area contributed by atoms with Crippen molar-refractivity contribution in [1.29, 1.82) is 0 Å². The van der Waals surface area contributed by atoms with Crippen molar-refractivity contribution in [2.24, 2.45) is 0 Å². The van der Waals surface area contributed by atoms with E-state index in [0.29, 0.717) is 27.7 Å². The molecule has 3 aromatic rings. The van der Waals surface area contributed by atoms with Gasteiger partial charge in [0.1, 0.15) is 24.8 Å². The zero-order valence-corrected chi connectivity index (χ0v) is 18.7. The predicted molar refractivity (Wildman–Crippen MR) is 121 cm³/mol. The second-order valence-corrected chi connectivity index (χ2v) is 9.10. The van der Waals surface area contributed by atoms with Gasteiger partial charge in [0.15, 0.2) is 11.6 Å². The number of sulfonamides is 1. The van der Waals surface area contributed by atoms with E-state index in [1.165, 1.54) is 6.07 Å². The number of halogens is 1. The highest BCUT2D eigenvalue weighted by atomic mass is 35.5. The molecule has 0 aliphatic carbocycles. The fourth-order valence-electron chi connectivity index (χ4n) is 3.20. The summed E-state index contributed by atoms with van der Waals surface area (Å²) < 4.78 is 39.9. The summed E-state index contributed by atoms with van der Waals surface area (Å²) in [6, 6.07) is 15.5. The molecule has 0 radical (unpaired) electrons. The summed E-state index contributed by atoms with van der Waals surface area (Å²) >= 11 is 6.09. The summed E-state index contributed by atoms with van der Waals surface area (Å²) in [5, 5.41) is 2.94. The molecule has 0 fully saturated rings. The summed E-state index contributed by atoms with van der Waals surface area (Å²) in [7, 11) is -4.01. The molecule has 2 heterocycles. The summed E-state index contributed by atoms with van der Waals surface area (Å²) in [6.45, 7) is 1.99. The molecule has 0 unspecified atom stereocenters. The molecule has 2 aromatic carbocycles. The van der Waals surface area contributed by atoms with Gasteiger partial charge in [-0.25, -0.2) is 13.4 Å². The third kappa shape index (κ3) is 4.79. The largest absolute Gasteiger partial charge is 0.490 e. The number of fused-ring (bicyclic) bond motifs is 1. The zero-order valence-electron chi connectivity index (χ0n) is 17.1. The van der Waals surface area contributed by atoms with Crippen molar-refractivity contribution >= 4 is 39.2 Å². The van der Waals surface area contributed by atoms with Crippen molar-refractivity contribution in [3.63, 3.8) is 0 Å². The maximum absolute atomic E-state index is 13.0. The lowest BCUT2D eigenvalue weighted by Gasteiger charge is -2.16. The van der Waals surface area contributed by atoms with Crippen LogP contribution in [0.4, 0.5) is 11.6 Å². The second kappa shape index (κ2) is 9.05. The van der Waals surface area contributed by atoms with Crippen molar-refractivity contribution < 1.29 is 22.7 Å². The minimum absolute atomic E-state index is 0.0229. The minimum Gasteiger partial charge on any atom is -0.490 e. The van der Waals surface area contributed by atoms with E-state index in [0.717, 1.165) is 0 Å². The molecule has 8 nitrogen and oxygen atoms in total. The van der Waals surface area contributed by atoms with Crippen LogP contribution in [0.25, 0.3) is 0 Å². The molecular weight excluding hydrogens is 454 g/mol. The quantitative estimate of drug-likeness (QED) is 0.482. The summed E-state index contributed by atoms with van der Waals surface area (Å²) in [4.78, 5) is 16.1. The molecule has 1 aliphatic rings. The number of para-hydroxylation sites is 1. The van der Waals surface area contributed by atoms with Crippen LogP contribution in [0.3, 0.4) is 0 Å². The number of aromatic nitrogens is 1. The highest BCUT2D eigenvalue weighted by molar-refractivity contribution is 7.92. The molecule has 10 heteroatoms. The van der Waals surface area contributed by atoms with Crippen LogP contribution in [0, 0.1) is 6.92 Å². The van der Waals surface area contributed by atoms with Gasteiger partial charge in [-0.3, -0.25) is 9.52 Å². The van der Waals surface area contributed by atoms with Gasteiger partial charge in [0, 0.05) is 10.6 Å². The highest BCUT2D eigenvalue weighted by Gasteiger charge is 2.26. The third-order valence-electron chi connectivity index (χ3n) is 4.77. The van der Waals surface area contributed by atoms with E-state index in [4.69, 9.17) is 21.1 Å². The number of benzene rings is 2. The first-order chi connectivity index (χ1) is 15.3. The molecular formula is C22H20ClN3O5S. The molecule has 0 atom stereocenters. The Hall–Kier alpha value is -3.30. The average molecular weight is 474 g/mol. The lowest BCUT2D eigenvalue weighted by molar-refractivity contribution is -0.115. The molecule has 0 saturated carbocycles. The SMILES string of the molecule is Cc1c(Cl)cccc1S(=O)(=O)Nc1nc2c(cc1OCCOc1ccccc1)CC(=O)N2. The predicted octanol–water partition coefficient (Wildman–Crippen LogP) is 3.80. The Balaban J connectivity index is 1.57. The first kappa shape index (κ1) is 21.9. The molecule has 32 heavy (non-hydrogen) atoms. The molecule has 2 N–H and O–H groups in total. The normalized spacial score (nSPS) is 12.8. The van der Waals surface area contributed by atoms with Crippen LogP contribution in [-0.4, -0.2) is 32.5 Å². The average Bonchev–Trinajstić information content (AvgIpc) is 3.12. The van der Waals surface area contributed by atoms with E-state index in [1.807, 2.05) is 30.3 Å². The number of carbonyl (C=O) groups excluding carboxylic acids is 1. The number of hydrogen-bond donors (Lipinski definition) is 2. The third-order valence-corrected chi connectivity index (χ3v) is 6.66. The van der Waals surface area contributed by atoms with Crippen LogP contribution in [0.15, 0.2) is 59.5 Å². The number of carbonyl (C=O) groups is 1. The fourth-order valence-corrected chi connectivity index (χ4v) is 4.71. The van der Waals surface area contributed by atoms with Crippen LogP contribution >= 0.6 is 11.6 Å². The number of hydrogen-bond acceptors (Lipinski definition) is 6. The van der Waals surface area contributed by atoms with Crippen molar-refractivity contribution in [1.82, 2.24) is 4.98 Å². The van der Waals surface area contributed by atoms with Crippen LogP contribution in [0.2, 0.25) is 5.02 Å².